The summed E-state index contributed by atoms with van der Waals surface area (Å²) in [6.45, 7) is 0.557. The summed E-state index contributed by atoms with van der Waals surface area (Å²) in [4.78, 5) is 14.3. The number of benzene rings is 2. The first-order valence-electron chi connectivity index (χ1n) is 8.21. The SMILES string of the molecule is COc1ccccc1C(CNC(=O)CCc1ccccc1)N(C)C. The lowest BCUT2D eigenvalue weighted by Crippen LogP contribution is -2.34. The molecule has 0 fully saturated rings. The van der Waals surface area contributed by atoms with Gasteiger partial charge in [0.1, 0.15) is 5.75 Å². The van der Waals surface area contributed by atoms with E-state index >= 15 is 0 Å². The fourth-order valence-electron chi connectivity index (χ4n) is 2.71. The molecule has 1 unspecified atom stereocenters. The predicted octanol–water partition coefficient (Wildman–Crippen LogP) is 3.05. The van der Waals surface area contributed by atoms with Crippen LogP contribution < -0.4 is 10.1 Å². The monoisotopic (exact) mass is 326 g/mol. The standard InChI is InChI=1S/C20H26N2O2/c1-22(2)18(17-11-7-8-12-19(17)24-3)15-21-20(23)14-13-16-9-5-4-6-10-16/h4-12,18H,13-15H2,1-3H3,(H,21,23). The highest BCUT2D eigenvalue weighted by atomic mass is 16.5. The van der Waals surface area contributed by atoms with Crippen LogP contribution in [0.1, 0.15) is 23.6 Å². The van der Waals surface area contributed by atoms with Crippen LogP contribution in [-0.4, -0.2) is 38.6 Å². The van der Waals surface area contributed by atoms with Crippen LogP contribution in [0.3, 0.4) is 0 Å². The van der Waals surface area contributed by atoms with Gasteiger partial charge < -0.3 is 15.0 Å². The van der Waals surface area contributed by atoms with Crippen LogP contribution in [0.4, 0.5) is 0 Å². The summed E-state index contributed by atoms with van der Waals surface area (Å²) in [5.41, 5.74) is 2.26. The smallest absolute Gasteiger partial charge is 0.220 e. The van der Waals surface area contributed by atoms with Crippen LogP contribution >= 0.6 is 0 Å². The maximum Gasteiger partial charge on any atom is 0.220 e. The lowest BCUT2D eigenvalue weighted by atomic mass is 10.0. The van der Waals surface area contributed by atoms with Crippen molar-refractivity contribution in [1.82, 2.24) is 10.2 Å². The molecule has 1 N–H and O–H groups in total. The van der Waals surface area contributed by atoms with Gasteiger partial charge in [-0.05, 0) is 32.1 Å². The van der Waals surface area contributed by atoms with E-state index in [-0.39, 0.29) is 11.9 Å². The van der Waals surface area contributed by atoms with Gasteiger partial charge in [-0.15, -0.1) is 0 Å². The third-order valence-corrected chi connectivity index (χ3v) is 4.10. The van der Waals surface area contributed by atoms with Gasteiger partial charge in [0.05, 0.1) is 13.2 Å². The summed E-state index contributed by atoms with van der Waals surface area (Å²) in [6.07, 6.45) is 1.25. The summed E-state index contributed by atoms with van der Waals surface area (Å²) < 4.78 is 5.45. The average Bonchev–Trinajstić information content (AvgIpc) is 2.61. The zero-order valence-electron chi connectivity index (χ0n) is 14.7. The fraction of sp³-hybridized carbons (Fsp3) is 0.350. The largest absolute Gasteiger partial charge is 0.496 e. The molecule has 0 saturated heterocycles. The molecule has 0 heterocycles. The molecule has 2 rings (SSSR count). The first-order chi connectivity index (χ1) is 11.6. The molecule has 0 bridgehead atoms. The van der Waals surface area contributed by atoms with Crippen molar-refractivity contribution >= 4 is 5.91 Å². The van der Waals surface area contributed by atoms with Crippen LogP contribution in [0.25, 0.3) is 0 Å². The van der Waals surface area contributed by atoms with Crippen molar-refractivity contribution in [2.24, 2.45) is 0 Å². The number of ether oxygens (including phenoxy) is 1. The molecule has 0 aliphatic heterocycles. The molecular weight excluding hydrogens is 300 g/mol. The molecule has 24 heavy (non-hydrogen) atoms. The normalized spacial score (nSPS) is 12.0. The molecule has 1 amide bonds. The van der Waals surface area contributed by atoms with E-state index in [4.69, 9.17) is 4.74 Å². The van der Waals surface area contributed by atoms with Crippen LogP contribution in [0.15, 0.2) is 54.6 Å². The summed E-state index contributed by atoms with van der Waals surface area (Å²) >= 11 is 0. The molecule has 128 valence electrons. The molecule has 2 aromatic rings. The summed E-state index contributed by atoms with van der Waals surface area (Å²) in [5.74, 6) is 0.912. The van der Waals surface area contributed by atoms with Crippen LogP contribution in [0.5, 0.6) is 5.75 Å². The molecular formula is C20H26N2O2. The number of amides is 1. The minimum Gasteiger partial charge on any atom is -0.496 e. The van der Waals surface area contributed by atoms with Gasteiger partial charge in [0, 0.05) is 18.5 Å². The average molecular weight is 326 g/mol. The van der Waals surface area contributed by atoms with Crippen LogP contribution in [-0.2, 0) is 11.2 Å². The summed E-state index contributed by atoms with van der Waals surface area (Å²) in [7, 11) is 5.68. The van der Waals surface area contributed by atoms with Gasteiger partial charge in [0.25, 0.3) is 0 Å². The highest BCUT2D eigenvalue weighted by Gasteiger charge is 2.18. The molecule has 0 spiro atoms. The van der Waals surface area contributed by atoms with Gasteiger partial charge in [0.2, 0.25) is 5.91 Å². The highest BCUT2D eigenvalue weighted by molar-refractivity contribution is 5.76. The Morgan fingerprint density at radius 1 is 1.08 bits per heavy atom. The van der Waals surface area contributed by atoms with Crippen molar-refractivity contribution in [2.75, 3.05) is 27.7 Å². The first-order valence-corrected chi connectivity index (χ1v) is 8.21. The Hall–Kier alpha value is -2.33. The van der Waals surface area contributed by atoms with Gasteiger partial charge in [-0.25, -0.2) is 0 Å². The molecule has 4 nitrogen and oxygen atoms in total. The number of methoxy groups -OCH3 is 1. The van der Waals surface area contributed by atoms with E-state index in [1.807, 2.05) is 68.7 Å². The number of hydrogen-bond donors (Lipinski definition) is 1. The second-order valence-electron chi connectivity index (χ2n) is 6.01. The molecule has 0 aliphatic carbocycles. The lowest BCUT2D eigenvalue weighted by molar-refractivity contribution is -0.121. The van der Waals surface area contributed by atoms with E-state index in [2.05, 4.69) is 10.2 Å². The Morgan fingerprint density at radius 3 is 2.42 bits per heavy atom. The van der Waals surface area contributed by atoms with E-state index < -0.39 is 0 Å². The summed E-state index contributed by atoms with van der Waals surface area (Å²) in [6, 6.07) is 18.1. The van der Waals surface area contributed by atoms with E-state index in [1.165, 1.54) is 5.56 Å². The minimum atomic E-state index is 0.0700. The zero-order chi connectivity index (χ0) is 17.4. The number of carbonyl (C=O) groups is 1. The summed E-state index contributed by atoms with van der Waals surface area (Å²) in [5, 5.41) is 3.05. The van der Waals surface area contributed by atoms with E-state index in [1.54, 1.807) is 7.11 Å². The van der Waals surface area contributed by atoms with Crippen molar-refractivity contribution in [2.45, 2.75) is 18.9 Å². The van der Waals surface area contributed by atoms with E-state index in [9.17, 15) is 4.79 Å². The molecule has 0 aliphatic rings. The number of hydrogen-bond acceptors (Lipinski definition) is 3. The Bertz CT molecular complexity index is 641. The molecule has 4 heteroatoms. The molecule has 0 radical (unpaired) electrons. The first kappa shape index (κ1) is 18.0. The van der Waals surface area contributed by atoms with Gasteiger partial charge in [-0.1, -0.05) is 48.5 Å². The Kier molecular flexibility index (Phi) is 6.82. The van der Waals surface area contributed by atoms with Crippen molar-refractivity contribution in [1.29, 1.82) is 0 Å². The Balaban J connectivity index is 1.93. The van der Waals surface area contributed by atoms with Crippen molar-refractivity contribution in [3.05, 3.63) is 65.7 Å². The number of nitrogens with one attached hydrogen (secondary N) is 1. The van der Waals surface area contributed by atoms with Crippen molar-refractivity contribution in [3.8, 4) is 5.75 Å². The third-order valence-electron chi connectivity index (χ3n) is 4.10. The zero-order valence-corrected chi connectivity index (χ0v) is 14.7. The molecule has 0 aromatic heterocycles. The number of likely N-dealkylation sites (N-methyl/N-ethyl adjacent to an activating group) is 1. The Morgan fingerprint density at radius 2 is 1.75 bits per heavy atom. The number of carbonyl (C=O) groups excluding carboxylic acids is 1. The predicted molar refractivity (Wildman–Crippen MR) is 97.2 cm³/mol. The highest BCUT2D eigenvalue weighted by Crippen LogP contribution is 2.27. The van der Waals surface area contributed by atoms with Gasteiger partial charge in [-0.2, -0.15) is 0 Å². The fourth-order valence-corrected chi connectivity index (χ4v) is 2.71. The van der Waals surface area contributed by atoms with Crippen molar-refractivity contribution in [3.63, 3.8) is 0 Å². The maximum atomic E-state index is 12.2. The van der Waals surface area contributed by atoms with Crippen molar-refractivity contribution < 1.29 is 9.53 Å². The van der Waals surface area contributed by atoms with Gasteiger partial charge in [-0.3, -0.25) is 4.79 Å². The molecule has 1 atom stereocenters. The number of rotatable bonds is 8. The molecule has 0 saturated carbocycles. The quantitative estimate of drug-likeness (QED) is 0.811. The van der Waals surface area contributed by atoms with E-state index in [0.717, 1.165) is 17.7 Å². The van der Waals surface area contributed by atoms with Crippen LogP contribution in [0.2, 0.25) is 0 Å². The number of aryl methyl sites for hydroxylation is 1. The van der Waals surface area contributed by atoms with E-state index in [0.29, 0.717) is 13.0 Å². The third kappa shape index (κ3) is 5.10. The second kappa shape index (κ2) is 9.08. The Labute approximate surface area is 144 Å². The van der Waals surface area contributed by atoms with Gasteiger partial charge >= 0.3 is 0 Å². The number of nitrogens with zero attached hydrogens (tertiary/aromatic N) is 1. The topological polar surface area (TPSA) is 41.6 Å². The van der Waals surface area contributed by atoms with Crippen LogP contribution in [0, 0.1) is 0 Å². The number of para-hydroxylation sites is 1. The second-order valence-corrected chi connectivity index (χ2v) is 6.01. The lowest BCUT2D eigenvalue weighted by Gasteiger charge is -2.26. The van der Waals surface area contributed by atoms with Gasteiger partial charge in [0.15, 0.2) is 0 Å². The molecule has 2 aromatic carbocycles. The minimum absolute atomic E-state index is 0.0700. The maximum absolute atomic E-state index is 12.2.